The fourth-order valence-corrected chi connectivity index (χ4v) is 3.26. The summed E-state index contributed by atoms with van der Waals surface area (Å²) >= 11 is 3.39. The van der Waals surface area contributed by atoms with E-state index in [9.17, 15) is 4.79 Å². The Bertz CT molecular complexity index is 758. The van der Waals surface area contributed by atoms with Crippen LogP contribution in [0, 0.1) is 0 Å². The van der Waals surface area contributed by atoms with Crippen molar-refractivity contribution < 1.29 is 14.3 Å². The maximum absolute atomic E-state index is 12.6. The number of nitrogens with one attached hydrogen (secondary N) is 1. The van der Waals surface area contributed by atoms with Gasteiger partial charge in [-0.05, 0) is 51.1 Å². The second-order valence-electron chi connectivity index (χ2n) is 6.88. The molecule has 1 aliphatic heterocycles. The van der Waals surface area contributed by atoms with Crippen molar-refractivity contribution in [2.45, 2.75) is 44.9 Å². The van der Waals surface area contributed by atoms with Gasteiger partial charge in [0.1, 0.15) is 17.1 Å². The normalized spacial score (nSPS) is 19.3. The van der Waals surface area contributed by atoms with Gasteiger partial charge in [-0.2, -0.15) is 0 Å². The molecule has 4 nitrogen and oxygen atoms in total. The van der Waals surface area contributed by atoms with E-state index in [1.54, 1.807) is 6.92 Å². The van der Waals surface area contributed by atoms with Crippen LogP contribution in [0.2, 0.25) is 0 Å². The monoisotopic (exact) mass is 403 g/mol. The topological polar surface area (TPSA) is 47.6 Å². The van der Waals surface area contributed by atoms with Crippen molar-refractivity contribution in [3.05, 3.63) is 58.6 Å². The zero-order valence-corrected chi connectivity index (χ0v) is 16.2. The van der Waals surface area contributed by atoms with Crippen molar-refractivity contribution in [1.29, 1.82) is 0 Å². The summed E-state index contributed by atoms with van der Waals surface area (Å²) in [5.41, 5.74) is 0.674. The highest BCUT2D eigenvalue weighted by molar-refractivity contribution is 9.10. The van der Waals surface area contributed by atoms with E-state index < -0.39 is 6.10 Å². The van der Waals surface area contributed by atoms with Crippen LogP contribution >= 0.6 is 15.9 Å². The van der Waals surface area contributed by atoms with Gasteiger partial charge in [-0.3, -0.25) is 4.79 Å². The number of amides is 1. The lowest BCUT2D eigenvalue weighted by molar-refractivity contribution is -0.128. The summed E-state index contributed by atoms with van der Waals surface area (Å²) in [5.74, 6) is 1.35. The number of para-hydroxylation sites is 1. The van der Waals surface area contributed by atoms with Crippen molar-refractivity contribution >= 4 is 21.8 Å². The number of benzene rings is 2. The van der Waals surface area contributed by atoms with Gasteiger partial charge < -0.3 is 14.8 Å². The van der Waals surface area contributed by atoms with Crippen LogP contribution in [0.4, 0.5) is 0 Å². The highest BCUT2D eigenvalue weighted by atomic mass is 79.9. The Morgan fingerprint density at radius 3 is 2.64 bits per heavy atom. The molecule has 1 amide bonds. The maximum atomic E-state index is 12.6. The molecule has 0 saturated carbocycles. The van der Waals surface area contributed by atoms with Gasteiger partial charge in [-0.15, -0.1) is 0 Å². The Labute approximate surface area is 156 Å². The lowest BCUT2D eigenvalue weighted by atomic mass is 9.89. The number of halogens is 1. The van der Waals surface area contributed by atoms with Crippen molar-refractivity contribution in [2.75, 3.05) is 0 Å². The minimum absolute atomic E-state index is 0.0941. The Morgan fingerprint density at radius 2 is 1.92 bits per heavy atom. The van der Waals surface area contributed by atoms with Gasteiger partial charge in [0, 0.05) is 16.5 Å². The zero-order chi connectivity index (χ0) is 18.0. The van der Waals surface area contributed by atoms with Gasteiger partial charge in [0.15, 0.2) is 6.10 Å². The van der Waals surface area contributed by atoms with Crippen LogP contribution in [0.25, 0.3) is 0 Å². The molecule has 0 fully saturated rings. The Morgan fingerprint density at radius 1 is 1.24 bits per heavy atom. The number of fused-ring (bicyclic) bond motifs is 1. The summed E-state index contributed by atoms with van der Waals surface area (Å²) in [6.45, 7) is 5.82. The van der Waals surface area contributed by atoms with Crippen LogP contribution in [0.1, 0.15) is 38.8 Å². The van der Waals surface area contributed by atoms with E-state index in [0.717, 1.165) is 15.8 Å². The first-order chi connectivity index (χ1) is 11.8. The molecule has 5 heteroatoms. The molecule has 0 radical (unpaired) electrons. The van der Waals surface area contributed by atoms with E-state index in [4.69, 9.17) is 9.47 Å². The molecular weight excluding hydrogens is 382 g/mol. The number of hydrogen-bond donors (Lipinski definition) is 1. The summed E-state index contributed by atoms with van der Waals surface area (Å²) < 4.78 is 12.7. The van der Waals surface area contributed by atoms with Gasteiger partial charge in [-0.25, -0.2) is 0 Å². The second kappa shape index (κ2) is 7.08. The molecule has 1 N–H and O–H groups in total. The molecule has 25 heavy (non-hydrogen) atoms. The highest BCUT2D eigenvalue weighted by Crippen LogP contribution is 2.39. The molecule has 0 unspecified atom stereocenters. The van der Waals surface area contributed by atoms with Crippen LogP contribution in [-0.4, -0.2) is 17.6 Å². The lowest BCUT2D eigenvalue weighted by Gasteiger charge is -2.38. The molecule has 0 aliphatic carbocycles. The third-order valence-corrected chi connectivity index (χ3v) is 4.72. The molecular formula is C20H22BrNO3. The summed E-state index contributed by atoms with van der Waals surface area (Å²) in [6, 6.07) is 15.2. The first kappa shape index (κ1) is 17.8. The Balaban J connectivity index is 1.70. The summed E-state index contributed by atoms with van der Waals surface area (Å²) in [5, 5.41) is 3.11. The first-order valence-electron chi connectivity index (χ1n) is 8.35. The smallest absolute Gasteiger partial charge is 0.261 e. The summed E-state index contributed by atoms with van der Waals surface area (Å²) in [7, 11) is 0. The Kier molecular flexibility index (Phi) is 5.04. The van der Waals surface area contributed by atoms with Gasteiger partial charge in [0.05, 0.1) is 6.04 Å². The molecule has 1 aliphatic rings. The van der Waals surface area contributed by atoms with E-state index >= 15 is 0 Å². The molecule has 1 heterocycles. The van der Waals surface area contributed by atoms with Gasteiger partial charge in [0.2, 0.25) is 0 Å². The fraction of sp³-hybridized carbons (Fsp3) is 0.350. The van der Waals surface area contributed by atoms with Crippen molar-refractivity contribution in [1.82, 2.24) is 5.32 Å². The van der Waals surface area contributed by atoms with Gasteiger partial charge in [0.25, 0.3) is 5.91 Å². The SMILES string of the molecule is C[C@@H](Oc1ccc(Br)cc1)C(=O)N[C@@H]1CC(C)(C)Oc2ccccc21. The van der Waals surface area contributed by atoms with Crippen LogP contribution in [-0.2, 0) is 4.79 Å². The minimum Gasteiger partial charge on any atom is -0.487 e. The van der Waals surface area contributed by atoms with E-state index in [2.05, 4.69) is 21.2 Å². The number of rotatable bonds is 4. The molecule has 2 aromatic carbocycles. The number of carbonyl (C=O) groups is 1. The molecule has 0 bridgehead atoms. The Hall–Kier alpha value is -2.01. The molecule has 3 rings (SSSR count). The molecule has 132 valence electrons. The lowest BCUT2D eigenvalue weighted by Crippen LogP contribution is -2.44. The number of hydrogen-bond acceptors (Lipinski definition) is 3. The molecule has 0 spiro atoms. The fourth-order valence-electron chi connectivity index (χ4n) is 2.99. The number of carbonyl (C=O) groups excluding carboxylic acids is 1. The largest absolute Gasteiger partial charge is 0.487 e. The van der Waals surface area contributed by atoms with E-state index in [0.29, 0.717) is 12.2 Å². The van der Waals surface area contributed by atoms with E-state index in [1.807, 2.05) is 62.4 Å². The summed E-state index contributed by atoms with van der Waals surface area (Å²) in [4.78, 5) is 12.6. The maximum Gasteiger partial charge on any atom is 0.261 e. The standard InChI is InChI=1S/C20H22BrNO3/c1-13(24-15-10-8-14(21)9-11-15)19(23)22-17-12-20(2,3)25-18-7-5-4-6-16(17)18/h4-11,13,17H,12H2,1-3H3,(H,22,23)/t13-,17-/m1/s1. The highest BCUT2D eigenvalue weighted by Gasteiger charge is 2.35. The minimum atomic E-state index is -0.584. The predicted octanol–water partition coefficient (Wildman–Crippen LogP) is 4.64. The van der Waals surface area contributed by atoms with Crippen LogP contribution in [0.5, 0.6) is 11.5 Å². The summed E-state index contributed by atoms with van der Waals surface area (Å²) in [6.07, 6.45) is 0.125. The van der Waals surface area contributed by atoms with Crippen molar-refractivity contribution in [2.24, 2.45) is 0 Å². The van der Waals surface area contributed by atoms with Gasteiger partial charge in [-0.1, -0.05) is 34.1 Å². The molecule has 2 aromatic rings. The molecule has 0 aromatic heterocycles. The number of ether oxygens (including phenoxy) is 2. The van der Waals surface area contributed by atoms with Crippen LogP contribution in [0.3, 0.4) is 0 Å². The first-order valence-corrected chi connectivity index (χ1v) is 9.14. The third-order valence-electron chi connectivity index (χ3n) is 4.19. The van der Waals surface area contributed by atoms with Crippen molar-refractivity contribution in [3.63, 3.8) is 0 Å². The van der Waals surface area contributed by atoms with Gasteiger partial charge >= 0.3 is 0 Å². The van der Waals surface area contributed by atoms with E-state index in [1.165, 1.54) is 0 Å². The predicted molar refractivity (Wildman–Crippen MR) is 101 cm³/mol. The third kappa shape index (κ3) is 4.34. The van der Waals surface area contributed by atoms with E-state index in [-0.39, 0.29) is 17.6 Å². The average molecular weight is 404 g/mol. The zero-order valence-electron chi connectivity index (χ0n) is 14.6. The average Bonchev–Trinajstić information content (AvgIpc) is 2.56. The molecule has 2 atom stereocenters. The van der Waals surface area contributed by atoms with Crippen LogP contribution < -0.4 is 14.8 Å². The van der Waals surface area contributed by atoms with Crippen molar-refractivity contribution in [3.8, 4) is 11.5 Å². The quantitative estimate of drug-likeness (QED) is 0.808. The van der Waals surface area contributed by atoms with Crippen LogP contribution in [0.15, 0.2) is 53.0 Å². The second-order valence-corrected chi connectivity index (χ2v) is 7.79. The molecule has 0 saturated heterocycles.